The van der Waals surface area contributed by atoms with Gasteiger partial charge >= 0.3 is 0 Å². The van der Waals surface area contributed by atoms with Crippen molar-refractivity contribution in [1.29, 1.82) is 0 Å². The molecule has 0 bridgehead atoms. The molecule has 0 aliphatic carbocycles. The molecule has 106 valence electrons. The normalized spacial score (nSPS) is 10.3. The molecule has 0 aliphatic rings. The van der Waals surface area contributed by atoms with Crippen LogP contribution in [0, 0.1) is 0 Å². The Balaban J connectivity index is 2.07. The maximum absolute atomic E-state index is 5.84. The van der Waals surface area contributed by atoms with E-state index >= 15 is 0 Å². The van der Waals surface area contributed by atoms with Crippen LogP contribution in [0.15, 0.2) is 48.5 Å². The molecule has 0 unspecified atom stereocenters. The zero-order chi connectivity index (χ0) is 14.2. The molecule has 2 aromatic rings. The molecule has 0 aliphatic heterocycles. The maximum Gasteiger partial charge on any atom is 0.161 e. The number of benzene rings is 2. The molecule has 0 atom stereocenters. The van der Waals surface area contributed by atoms with E-state index in [0.29, 0.717) is 13.2 Å². The third-order valence-corrected chi connectivity index (χ3v) is 2.97. The van der Waals surface area contributed by atoms with Crippen molar-refractivity contribution in [3.05, 3.63) is 59.7 Å². The number of methoxy groups -OCH3 is 1. The van der Waals surface area contributed by atoms with Gasteiger partial charge in [0.1, 0.15) is 6.61 Å². The van der Waals surface area contributed by atoms with Crippen LogP contribution in [0.2, 0.25) is 0 Å². The van der Waals surface area contributed by atoms with E-state index in [1.807, 2.05) is 48.5 Å². The highest BCUT2D eigenvalue weighted by Crippen LogP contribution is 2.29. The Morgan fingerprint density at radius 1 is 0.950 bits per heavy atom. The minimum atomic E-state index is 0.477. The van der Waals surface area contributed by atoms with Crippen molar-refractivity contribution >= 4 is 0 Å². The van der Waals surface area contributed by atoms with E-state index in [4.69, 9.17) is 15.4 Å². The third kappa shape index (κ3) is 3.98. The standard InChI is InChI=1S/C16H19NO3/c1-18-15-8-7-13(9-10-20-17)11-16(15)19-12-14-5-3-2-4-6-14/h2-8,11H,9-10,12,17H2,1H3. The second-order valence-corrected chi connectivity index (χ2v) is 4.38. The molecule has 2 aromatic carbocycles. The van der Waals surface area contributed by atoms with E-state index in [-0.39, 0.29) is 0 Å². The highest BCUT2D eigenvalue weighted by molar-refractivity contribution is 5.43. The van der Waals surface area contributed by atoms with Crippen molar-refractivity contribution in [2.24, 2.45) is 5.90 Å². The first-order valence-electron chi connectivity index (χ1n) is 6.49. The van der Waals surface area contributed by atoms with E-state index in [9.17, 15) is 0 Å². The Morgan fingerprint density at radius 3 is 2.45 bits per heavy atom. The lowest BCUT2D eigenvalue weighted by Crippen LogP contribution is -2.04. The van der Waals surface area contributed by atoms with Gasteiger partial charge in [-0.2, -0.15) is 0 Å². The minimum absolute atomic E-state index is 0.477. The van der Waals surface area contributed by atoms with Gasteiger partial charge in [0.05, 0.1) is 13.7 Å². The molecular weight excluding hydrogens is 254 g/mol. The second-order valence-electron chi connectivity index (χ2n) is 4.38. The first-order chi connectivity index (χ1) is 9.83. The maximum atomic E-state index is 5.84. The summed E-state index contributed by atoms with van der Waals surface area (Å²) in [4.78, 5) is 4.60. The Kier molecular flexibility index (Phi) is 5.41. The predicted molar refractivity (Wildman–Crippen MR) is 77.6 cm³/mol. The number of rotatable bonds is 7. The van der Waals surface area contributed by atoms with Crippen molar-refractivity contribution in [3.8, 4) is 11.5 Å². The van der Waals surface area contributed by atoms with Gasteiger partial charge in [0.25, 0.3) is 0 Å². The van der Waals surface area contributed by atoms with Gasteiger partial charge in [0.15, 0.2) is 11.5 Å². The number of hydrogen-bond acceptors (Lipinski definition) is 4. The number of hydrogen-bond donors (Lipinski definition) is 1. The number of ether oxygens (including phenoxy) is 2. The van der Waals surface area contributed by atoms with Gasteiger partial charge in [-0.3, -0.25) is 0 Å². The summed E-state index contributed by atoms with van der Waals surface area (Å²) in [6.07, 6.45) is 0.738. The smallest absolute Gasteiger partial charge is 0.161 e. The van der Waals surface area contributed by atoms with Gasteiger partial charge in [-0.15, -0.1) is 0 Å². The molecule has 4 nitrogen and oxygen atoms in total. The Labute approximate surface area is 119 Å². The molecule has 0 fully saturated rings. The summed E-state index contributed by atoms with van der Waals surface area (Å²) in [5, 5.41) is 0. The molecule has 0 saturated heterocycles. The average Bonchev–Trinajstić information content (AvgIpc) is 2.52. The lowest BCUT2D eigenvalue weighted by molar-refractivity contribution is 0.141. The fraction of sp³-hybridized carbons (Fsp3) is 0.250. The molecule has 0 aromatic heterocycles. The zero-order valence-electron chi connectivity index (χ0n) is 11.5. The van der Waals surface area contributed by atoms with E-state index in [1.165, 1.54) is 0 Å². The Bertz CT molecular complexity index is 529. The van der Waals surface area contributed by atoms with E-state index in [1.54, 1.807) is 7.11 Å². The van der Waals surface area contributed by atoms with Crippen molar-refractivity contribution in [3.63, 3.8) is 0 Å². The second kappa shape index (κ2) is 7.53. The van der Waals surface area contributed by atoms with Gasteiger partial charge in [0, 0.05) is 0 Å². The monoisotopic (exact) mass is 273 g/mol. The highest BCUT2D eigenvalue weighted by Gasteiger charge is 2.06. The molecule has 0 radical (unpaired) electrons. The first-order valence-corrected chi connectivity index (χ1v) is 6.49. The summed E-state index contributed by atoms with van der Waals surface area (Å²) in [6.45, 7) is 0.985. The number of nitrogens with two attached hydrogens (primary N) is 1. The van der Waals surface area contributed by atoms with Crippen LogP contribution in [-0.4, -0.2) is 13.7 Å². The molecule has 0 heterocycles. The SMILES string of the molecule is COc1ccc(CCON)cc1OCc1ccccc1. The zero-order valence-corrected chi connectivity index (χ0v) is 11.5. The van der Waals surface area contributed by atoms with Gasteiger partial charge in [-0.05, 0) is 29.7 Å². The van der Waals surface area contributed by atoms with Crippen LogP contribution >= 0.6 is 0 Å². The molecule has 0 amide bonds. The quantitative estimate of drug-likeness (QED) is 0.788. The van der Waals surface area contributed by atoms with Crippen LogP contribution in [0.25, 0.3) is 0 Å². The van der Waals surface area contributed by atoms with Crippen LogP contribution in [0.3, 0.4) is 0 Å². The summed E-state index contributed by atoms with van der Waals surface area (Å²) in [7, 11) is 1.63. The van der Waals surface area contributed by atoms with Crippen LogP contribution in [0.1, 0.15) is 11.1 Å². The van der Waals surface area contributed by atoms with Crippen LogP contribution in [0.5, 0.6) is 11.5 Å². The highest BCUT2D eigenvalue weighted by atomic mass is 16.6. The first kappa shape index (κ1) is 14.4. The van der Waals surface area contributed by atoms with Crippen molar-refractivity contribution in [2.45, 2.75) is 13.0 Å². The van der Waals surface area contributed by atoms with Crippen molar-refractivity contribution in [2.75, 3.05) is 13.7 Å². The van der Waals surface area contributed by atoms with E-state index < -0.39 is 0 Å². The Hall–Kier alpha value is -2.04. The lowest BCUT2D eigenvalue weighted by atomic mass is 10.1. The van der Waals surface area contributed by atoms with Gasteiger partial charge < -0.3 is 14.3 Å². The van der Waals surface area contributed by atoms with Crippen molar-refractivity contribution in [1.82, 2.24) is 0 Å². The summed E-state index contributed by atoms with van der Waals surface area (Å²) in [5.74, 6) is 6.50. The van der Waals surface area contributed by atoms with Gasteiger partial charge in [-0.1, -0.05) is 36.4 Å². The largest absolute Gasteiger partial charge is 0.493 e. The molecule has 4 heteroatoms. The van der Waals surface area contributed by atoms with Gasteiger partial charge in [-0.25, -0.2) is 5.90 Å². The lowest BCUT2D eigenvalue weighted by Gasteiger charge is -2.12. The fourth-order valence-corrected chi connectivity index (χ4v) is 1.90. The summed E-state index contributed by atoms with van der Waals surface area (Å²) < 4.78 is 11.1. The van der Waals surface area contributed by atoms with E-state index in [2.05, 4.69) is 4.84 Å². The molecule has 0 saturated carbocycles. The molecule has 20 heavy (non-hydrogen) atoms. The molecular formula is C16H19NO3. The summed E-state index contributed by atoms with van der Waals surface area (Å²) in [6, 6.07) is 15.9. The topological polar surface area (TPSA) is 53.7 Å². The average molecular weight is 273 g/mol. The third-order valence-electron chi connectivity index (χ3n) is 2.97. The minimum Gasteiger partial charge on any atom is -0.493 e. The van der Waals surface area contributed by atoms with Crippen molar-refractivity contribution < 1.29 is 14.3 Å². The summed E-state index contributed by atoms with van der Waals surface area (Å²) >= 11 is 0. The van der Waals surface area contributed by atoms with E-state index in [0.717, 1.165) is 29.0 Å². The Morgan fingerprint density at radius 2 is 1.75 bits per heavy atom. The molecule has 2 rings (SSSR count). The molecule has 0 spiro atoms. The summed E-state index contributed by atoms with van der Waals surface area (Å²) in [5.41, 5.74) is 2.21. The van der Waals surface area contributed by atoms with Crippen LogP contribution < -0.4 is 15.4 Å². The predicted octanol–water partition coefficient (Wildman–Crippen LogP) is 2.71. The fourth-order valence-electron chi connectivity index (χ4n) is 1.90. The van der Waals surface area contributed by atoms with Crippen LogP contribution in [0.4, 0.5) is 0 Å². The van der Waals surface area contributed by atoms with Gasteiger partial charge in [0.2, 0.25) is 0 Å². The molecule has 2 N–H and O–H groups in total. The van der Waals surface area contributed by atoms with Crippen LogP contribution in [-0.2, 0) is 17.9 Å².